The fourth-order valence-corrected chi connectivity index (χ4v) is 1.68. The molecule has 0 spiro atoms. The van der Waals surface area contributed by atoms with Gasteiger partial charge >= 0.3 is 0 Å². The maximum atomic E-state index is 12.1. The molecule has 1 heterocycles. The van der Waals surface area contributed by atoms with Crippen molar-refractivity contribution in [1.82, 2.24) is 9.88 Å². The number of hydrogen-bond acceptors (Lipinski definition) is 2. The molecule has 0 aliphatic heterocycles. The first-order chi connectivity index (χ1) is 7.91. The Morgan fingerprint density at radius 3 is 2.71 bits per heavy atom. The summed E-state index contributed by atoms with van der Waals surface area (Å²) in [4.78, 5) is 17.6. The van der Waals surface area contributed by atoms with E-state index in [1.165, 1.54) is 12.3 Å². The van der Waals surface area contributed by atoms with Gasteiger partial charge in [0.15, 0.2) is 0 Å². The van der Waals surface area contributed by atoms with E-state index in [1.54, 1.807) is 11.9 Å². The zero-order valence-corrected chi connectivity index (χ0v) is 11.7. The number of carbonyl (C=O) groups is 1. The molecular weight excluding hydrogens is 259 g/mol. The molecule has 0 fully saturated rings. The zero-order chi connectivity index (χ0) is 13.0. The van der Waals surface area contributed by atoms with Crippen LogP contribution >= 0.6 is 23.2 Å². The number of rotatable bonds is 4. The summed E-state index contributed by atoms with van der Waals surface area (Å²) in [5.41, 5.74) is 0.401. The fourth-order valence-electron chi connectivity index (χ4n) is 1.34. The van der Waals surface area contributed by atoms with Gasteiger partial charge in [-0.3, -0.25) is 4.79 Å². The Balaban J connectivity index is 2.78. The fraction of sp³-hybridized carbons (Fsp3) is 0.500. The molecule has 0 radical (unpaired) electrons. The van der Waals surface area contributed by atoms with Crippen molar-refractivity contribution >= 4 is 29.1 Å². The standard InChI is InChI=1S/C12H16Cl2N2O/c1-8(2)4-5-16(3)12(17)9-6-11(14)15-7-10(9)13/h6-8H,4-5H2,1-3H3. The lowest BCUT2D eigenvalue weighted by Crippen LogP contribution is -2.28. The zero-order valence-electron chi connectivity index (χ0n) is 10.2. The van der Waals surface area contributed by atoms with Gasteiger partial charge < -0.3 is 4.90 Å². The predicted molar refractivity (Wildman–Crippen MR) is 70.7 cm³/mol. The van der Waals surface area contributed by atoms with Crippen LogP contribution in [0.2, 0.25) is 10.2 Å². The lowest BCUT2D eigenvalue weighted by atomic mass is 10.1. The van der Waals surface area contributed by atoms with Gasteiger partial charge in [0.2, 0.25) is 0 Å². The average molecular weight is 275 g/mol. The summed E-state index contributed by atoms with van der Waals surface area (Å²) in [6, 6.07) is 1.50. The number of amides is 1. The number of hydrogen-bond donors (Lipinski definition) is 0. The third-order valence-electron chi connectivity index (χ3n) is 2.44. The topological polar surface area (TPSA) is 33.2 Å². The van der Waals surface area contributed by atoms with Crippen LogP contribution in [0.1, 0.15) is 30.6 Å². The molecule has 1 amide bonds. The SMILES string of the molecule is CC(C)CCN(C)C(=O)c1cc(Cl)ncc1Cl. The Morgan fingerprint density at radius 2 is 2.12 bits per heavy atom. The van der Waals surface area contributed by atoms with Gasteiger partial charge in [-0.2, -0.15) is 0 Å². The van der Waals surface area contributed by atoms with E-state index in [2.05, 4.69) is 18.8 Å². The first kappa shape index (κ1) is 14.3. The molecule has 0 saturated carbocycles. The summed E-state index contributed by atoms with van der Waals surface area (Å²) in [6.07, 6.45) is 2.35. The van der Waals surface area contributed by atoms with Crippen LogP contribution in [0.15, 0.2) is 12.3 Å². The summed E-state index contributed by atoms with van der Waals surface area (Å²) in [5.74, 6) is 0.432. The van der Waals surface area contributed by atoms with Crippen molar-refractivity contribution in [3.05, 3.63) is 28.0 Å². The van der Waals surface area contributed by atoms with Gasteiger partial charge in [0.25, 0.3) is 5.91 Å². The highest BCUT2D eigenvalue weighted by atomic mass is 35.5. The van der Waals surface area contributed by atoms with Gasteiger partial charge in [0.05, 0.1) is 10.6 Å². The Bertz CT molecular complexity index is 407. The Labute approximate surface area is 112 Å². The Kier molecular flexibility index (Phi) is 5.22. The maximum Gasteiger partial charge on any atom is 0.255 e. The summed E-state index contributed by atoms with van der Waals surface area (Å²) >= 11 is 11.7. The molecular formula is C12H16Cl2N2O. The number of nitrogens with zero attached hydrogens (tertiary/aromatic N) is 2. The van der Waals surface area contributed by atoms with Crippen LogP contribution < -0.4 is 0 Å². The van der Waals surface area contributed by atoms with E-state index in [4.69, 9.17) is 23.2 Å². The first-order valence-corrected chi connectivity index (χ1v) is 6.24. The number of halogens is 2. The van der Waals surface area contributed by atoms with Crippen LogP contribution in [0, 0.1) is 5.92 Å². The predicted octanol–water partition coefficient (Wildman–Crippen LogP) is 3.51. The van der Waals surface area contributed by atoms with Crippen LogP contribution in [0.5, 0.6) is 0 Å². The van der Waals surface area contributed by atoms with Crippen molar-refractivity contribution < 1.29 is 4.79 Å². The normalized spacial score (nSPS) is 10.7. The lowest BCUT2D eigenvalue weighted by Gasteiger charge is -2.18. The molecule has 0 N–H and O–H groups in total. The van der Waals surface area contributed by atoms with Crippen molar-refractivity contribution in [2.75, 3.05) is 13.6 Å². The second-order valence-electron chi connectivity index (χ2n) is 4.40. The molecule has 94 valence electrons. The largest absolute Gasteiger partial charge is 0.342 e. The molecule has 0 aromatic carbocycles. The molecule has 17 heavy (non-hydrogen) atoms. The van der Waals surface area contributed by atoms with Crippen LogP contribution in [0.4, 0.5) is 0 Å². The van der Waals surface area contributed by atoms with Crippen LogP contribution in [-0.4, -0.2) is 29.4 Å². The number of pyridine rings is 1. The van der Waals surface area contributed by atoms with Crippen molar-refractivity contribution in [3.63, 3.8) is 0 Å². The van der Waals surface area contributed by atoms with Crippen molar-refractivity contribution in [2.45, 2.75) is 20.3 Å². The third-order valence-corrected chi connectivity index (χ3v) is 2.95. The van der Waals surface area contributed by atoms with E-state index in [0.717, 1.165) is 6.42 Å². The molecule has 1 rings (SSSR count). The molecule has 3 nitrogen and oxygen atoms in total. The number of carbonyl (C=O) groups excluding carboxylic acids is 1. The molecule has 0 atom stereocenters. The smallest absolute Gasteiger partial charge is 0.255 e. The lowest BCUT2D eigenvalue weighted by molar-refractivity contribution is 0.0789. The average Bonchev–Trinajstić information content (AvgIpc) is 2.28. The second-order valence-corrected chi connectivity index (χ2v) is 5.19. The Hall–Kier alpha value is -0.800. The van der Waals surface area contributed by atoms with Gasteiger partial charge in [-0.25, -0.2) is 4.98 Å². The van der Waals surface area contributed by atoms with E-state index >= 15 is 0 Å². The monoisotopic (exact) mass is 274 g/mol. The molecule has 0 unspecified atom stereocenters. The van der Waals surface area contributed by atoms with E-state index in [0.29, 0.717) is 23.0 Å². The first-order valence-electron chi connectivity index (χ1n) is 5.48. The molecule has 0 aliphatic carbocycles. The quantitative estimate of drug-likeness (QED) is 0.788. The van der Waals surface area contributed by atoms with E-state index in [9.17, 15) is 4.79 Å². The Morgan fingerprint density at radius 1 is 1.47 bits per heavy atom. The molecule has 0 aliphatic rings. The van der Waals surface area contributed by atoms with Crippen molar-refractivity contribution in [3.8, 4) is 0 Å². The van der Waals surface area contributed by atoms with Gasteiger partial charge in [0, 0.05) is 19.8 Å². The van der Waals surface area contributed by atoms with Crippen LogP contribution in [0.25, 0.3) is 0 Å². The van der Waals surface area contributed by atoms with Gasteiger partial charge in [0.1, 0.15) is 5.15 Å². The minimum Gasteiger partial charge on any atom is -0.342 e. The van der Waals surface area contributed by atoms with E-state index in [1.807, 2.05) is 0 Å². The highest BCUT2D eigenvalue weighted by molar-refractivity contribution is 6.35. The van der Waals surface area contributed by atoms with Gasteiger partial charge in [-0.1, -0.05) is 37.0 Å². The molecule has 0 bridgehead atoms. The highest BCUT2D eigenvalue weighted by Gasteiger charge is 2.16. The summed E-state index contributed by atoms with van der Waals surface area (Å²) in [7, 11) is 1.76. The minimum absolute atomic E-state index is 0.125. The summed E-state index contributed by atoms with van der Waals surface area (Å²) < 4.78 is 0. The van der Waals surface area contributed by atoms with Crippen LogP contribution in [-0.2, 0) is 0 Å². The number of aromatic nitrogens is 1. The summed E-state index contributed by atoms with van der Waals surface area (Å²) in [6.45, 7) is 4.94. The minimum atomic E-state index is -0.125. The van der Waals surface area contributed by atoms with Gasteiger partial charge in [-0.05, 0) is 18.4 Å². The maximum absolute atomic E-state index is 12.1. The van der Waals surface area contributed by atoms with Crippen molar-refractivity contribution in [1.29, 1.82) is 0 Å². The third kappa shape index (κ3) is 4.17. The molecule has 0 saturated heterocycles. The van der Waals surface area contributed by atoms with Crippen LogP contribution in [0.3, 0.4) is 0 Å². The molecule has 1 aromatic rings. The van der Waals surface area contributed by atoms with Gasteiger partial charge in [-0.15, -0.1) is 0 Å². The highest BCUT2D eigenvalue weighted by Crippen LogP contribution is 2.19. The van der Waals surface area contributed by atoms with E-state index in [-0.39, 0.29) is 11.1 Å². The molecule has 1 aromatic heterocycles. The van der Waals surface area contributed by atoms with E-state index < -0.39 is 0 Å². The molecule has 5 heteroatoms. The second kappa shape index (κ2) is 6.22. The van der Waals surface area contributed by atoms with Crippen molar-refractivity contribution in [2.24, 2.45) is 5.92 Å². The summed E-state index contributed by atoms with van der Waals surface area (Å²) in [5, 5.41) is 0.603.